The molecule has 2 heteroatoms. The summed E-state index contributed by atoms with van der Waals surface area (Å²) in [6.45, 7) is 16.6. The number of anilines is 2. The molecular weight excluding hydrogens is 761 g/mol. The molecule has 63 heavy (non-hydrogen) atoms. The lowest BCUT2D eigenvalue weighted by Gasteiger charge is -2.32. The maximum absolute atomic E-state index is 2.72. The van der Waals surface area contributed by atoms with Crippen molar-refractivity contribution in [2.24, 2.45) is 0 Å². The maximum Gasteiger partial charge on any atom is 0.0568 e. The molecule has 0 bridgehead atoms. The van der Waals surface area contributed by atoms with Crippen LogP contribution in [-0.2, 0) is 10.8 Å². The molecule has 0 saturated carbocycles. The van der Waals surface area contributed by atoms with Crippen molar-refractivity contribution < 1.29 is 0 Å². The molecule has 1 unspecified atom stereocenters. The van der Waals surface area contributed by atoms with E-state index in [4.69, 9.17) is 0 Å². The molecule has 0 aromatic heterocycles. The van der Waals surface area contributed by atoms with Crippen molar-refractivity contribution in [3.63, 3.8) is 0 Å². The van der Waals surface area contributed by atoms with Crippen LogP contribution >= 0.6 is 0 Å². The molecule has 2 aromatic carbocycles. The van der Waals surface area contributed by atoms with E-state index in [0.717, 1.165) is 13.1 Å². The van der Waals surface area contributed by atoms with Crippen LogP contribution in [0, 0.1) is 0 Å². The van der Waals surface area contributed by atoms with E-state index in [1.54, 1.807) is 0 Å². The minimum absolute atomic E-state index is 0.00145. The van der Waals surface area contributed by atoms with Crippen LogP contribution in [0.1, 0.15) is 258 Å². The molecule has 2 aromatic rings. The lowest BCUT2D eigenvalue weighted by molar-refractivity contribution is 0.467. The molecule has 2 aliphatic heterocycles. The second-order valence-corrected chi connectivity index (χ2v) is 21.1. The zero-order chi connectivity index (χ0) is 44.9. The molecule has 0 amide bonds. The number of allylic oxidation sites excluding steroid dienone is 5. The Bertz CT molecular complexity index is 1560. The van der Waals surface area contributed by atoms with E-state index in [2.05, 4.69) is 130 Å². The van der Waals surface area contributed by atoms with Gasteiger partial charge in [0.25, 0.3) is 0 Å². The fourth-order valence-corrected chi connectivity index (χ4v) is 11.0. The first-order chi connectivity index (χ1) is 30.8. The van der Waals surface area contributed by atoms with Gasteiger partial charge < -0.3 is 9.80 Å². The largest absolute Gasteiger partial charge is 0.364 e. The summed E-state index contributed by atoms with van der Waals surface area (Å²) in [6.07, 6.45) is 57.1. The van der Waals surface area contributed by atoms with E-state index in [0.29, 0.717) is 6.04 Å². The third-order valence-electron chi connectivity index (χ3n) is 15.0. The molecule has 2 nitrogen and oxygen atoms in total. The fraction of sp³-hybridized carbons (Fsp3) is 0.705. The predicted molar refractivity (Wildman–Crippen MR) is 283 cm³/mol. The summed E-state index contributed by atoms with van der Waals surface area (Å²) >= 11 is 0. The fourth-order valence-electron chi connectivity index (χ4n) is 11.0. The molecule has 0 fully saturated rings. The summed E-state index contributed by atoms with van der Waals surface area (Å²) in [6, 6.07) is 18.7. The minimum atomic E-state index is -0.00145. The van der Waals surface area contributed by atoms with Crippen LogP contribution < -0.4 is 9.80 Å². The highest BCUT2D eigenvalue weighted by atomic mass is 15.2. The van der Waals surface area contributed by atoms with Crippen molar-refractivity contribution in [2.75, 3.05) is 22.9 Å². The lowest BCUT2D eigenvalue weighted by atomic mass is 9.80. The lowest BCUT2D eigenvalue weighted by Crippen LogP contribution is -2.40. The Morgan fingerprint density at radius 2 is 0.794 bits per heavy atom. The summed E-state index contributed by atoms with van der Waals surface area (Å²) in [5, 5.41) is 0. The molecule has 0 aliphatic carbocycles. The molecule has 1 atom stereocenters. The number of para-hydroxylation sites is 2. The Morgan fingerprint density at radius 3 is 1.25 bits per heavy atom. The summed E-state index contributed by atoms with van der Waals surface area (Å²) < 4.78 is 0. The van der Waals surface area contributed by atoms with Crippen molar-refractivity contribution in [3.8, 4) is 0 Å². The van der Waals surface area contributed by atoms with Gasteiger partial charge in [0.1, 0.15) is 0 Å². The second kappa shape index (κ2) is 31.2. The van der Waals surface area contributed by atoms with E-state index >= 15 is 0 Å². The van der Waals surface area contributed by atoms with Crippen LogP contribution in [0.2, 0.25) is 0 Å². The van der Waals surface area contributed by atoms with Crippen LogP contribution in [-0.4, -0.2) is 19.1 Å². The van der Waals surface area contributed by atoms with Gasteiger partial charge >= 0.3 is 0 Å². The first-order valence-electron chi connectivity index (χ1n) is 27.6. The molecule has 0 radical (unpaired) electrons. The number of nitrogens with zero attached hydrogens (tertiary/aromatic N) is 2. The molecule has 0 saturated heterocycles. The van der Waals surface area contributed by atoms with Crippen molar-refractivity contribution in [1.82, 2.24) is 0 Å². The van der Waals surface area contributed by atoms with Crippen LogP contribution in [0.5, 0.6) is 0 Å². The standard InChI is InChI=1S/C61H100N2/c1-7-9-11-13-15-17-19-21-23-25-27-29-31-33-35-44-52-62-56-48-42-40-46-54(56)60(3,4)58(62)50-38-37-39-51-59-61(5,6)55-47-41-43-49-57(55)63(59)53-45-36-34-32-30-28-26-24-22-20-18-16-14-12-10-8-2/h37-43,46-51,58H,7-36,44-45,52-53H2,1-6H3. The van der Waals surface area contributed by atoms with E-state index in [-0.39, 0.29) is 10.8 Å². The first-order valence-corrected chi connectivity index (χ1v) is 27.6. The van der Waals surface area contributed by atoms with Gasteiger partial charge in [-0.15, -0.1) is 0 Å². The van der Waals surface area contributed by atoms with Gasteiger partial charge in [0.15, 0.2) is 0 Å². The van der Waals surface area contributed by atoms with Gasteiger partial charge in [0, 0.05) is 41.0 Å². The maximum atomic E-state index is 2.72. The molecule has 4 rings (SSSR count). The number of unbranched alkanes of at least 4 members (excludes halogenated alkanes) is 30. The molecular formula is C61H100N2. The number of benzene rings is 2. The smallest absolute Gasteiger partial charge is 0.0568 e. The van der Waals surface area contributed by atoms with Crippen molar-refractivity contribution >= 4 is 11.4 Å². The van der Waals surface area contributed by atoms with Crippen molar-refractivity contribution in [3.05, 3.63) is 95.7 Å². The minimum Gasteiger partial charge on any atom is -0.364 e. The summed E-state index contributed by atoms with van der Waals surface area (Å²) in [7, 11) is 0. The molecule has 2 heterocycles. The number of hydrogen-bond donors (Lipinski definition) is 0. The van der Waals surface area contributed by atoms with Crippen LogP contribution in [0.15, 0.2) is 84.6 Å². The van der Waals surface area contributed by atoms with Gasteiger partial charge in [-0.25, -0.2) is 0 Å². The van der Waals surface area contributed by atoms with Gasteiger partial charge in [-0.2, -0.15) is 0 Å². The van der Waals surface area contributed by atoms with E-state index in [1.165, 1.54) is 234 Å². The Kier molecular flexibility index (Phi) is 26.2. The summed E-state index contributed by atoms with van der Waals surface area (Å²) in [5.74, 6) is 0. The predicted octanol–water partition coefficient (Wildman–Crippen LogP) is 19.5. The normalized spacial score (nSPS) is 17.2. The second-order valence-electron chi connectivity index (χ2n) is 21.1. The summed E-state index contributed by atoms with van der Waals surface area (Å²) in [5.41, 5.74) is 7.33. The molecule has 0 spiro atoms. The highest BCUT2D eigenvalue weighted by Crippen LogP contribution is 2.48. The Hall–Kier alpha value is -2.74. The van der Waals surface area contributed by atoms with Crippen LogP contribution in [0.25, 0.3) is 0 Å². The Balaban J connectivity index is 1.19. The van der Waals surface area contributed by atoms with E-state index in [1.807, 2.05) is 0 Å². The quantitative estimate of drug-likeness (QED) is 0.0493. The summed E-state index contributed by atoms with van der Waals surface area (Å²) in [4.78, 5) is 5.36. The SMILES string of the molecule is CCCCCCCCCCCCCCCCCCN1C(=CC=CC=CC2N(CCCCCCCCCCCCCCCCCC)c3ccccc3C2(C)C)C(C)(C)c2ccccc21. The van der Waals surface area contributed by atoms with Crippen molar-refractivity contribution in [1.29, 1.82) is 0 Å². The van der Waals surface area contributed by atoms with E-state index in [9.17, 15) is 0 Å². The average Bonchev–Trinajstić information content (AvgIpc) is 3.63. The van der Waals surface area contributed by atoms with Gasteiger partial charge in [-0.1, -0.05) is 295 Å². The van der Waals surface area contributed by atoms with Gasteiger partial charge in [-0.05, 0) is 42.2 Å². The van der Waals surface area contributed by atoms with Gasteiger partial charge in [0.05, 0.1) is 6.04 Å². The highest BCUT2D eigenvalue weighted by molar-refractivity contribution is 5.71. The zero-order valence-corrected chi connectivity index (χ0v) is 42.5. The third-order valence-corrected chi connectivity index (χ3v) is 15.0. The number of fused-ring (bicyclic) bond motifs is 2. The number of rotatable bonds is 37. The van der Waals surface area contributed by atoms with Gasteiger partial charge in [0.2, 0.25) is 0 Å². The third kappa shape index (κ3) is 18.2. The molecule has 0 N–H and O–H groups in total. The number of hydrogen-bond acceptors (Lipinski definition) is 2. The van der Waals surface area contributed by atoms with Crippen LogP contribution in [0.3, 0.4) is 0 Å². The zero-order valence-electron chi connectivity index (χ0n) is 42.5. The van der Waals surface area contributed by atoms with Gasteiger partial charge in [-0.3, -0.25) is 0 Å². The Labute approximate surface area is 392 Å². The van der Waals surface area contributed by atoms with Crippen LogP contribution in [0.4, 0.5) is 11.4 Å². The Morgan fingerprint density at radius 1 is 0.413 bits per heavy atom. The van der Waals surface area contributed by atoms with E-state index < -0.39 is 0 Å². The monoisotopic (exact) mass is 861 g/mol. The topological polar surface area (TPSA) is 6.48 Å². The average molecular weight is 861 g/mol. The molecule has 2 aliphatic rings. The first kappa shape index (κ1) is 52.9. The van der Waals surface area contributed by atoms with Crippen molar-refractivity contribution in [2.45, 2.75) is 264 Å². The molecule has 354 valence electrons. The highest BCUT2D eigenvalue weighted by Gasteiger charge is 2.42.